The van der Waals surface area contributed by atoms with Crippen LogP contribution >= 0.6 is 11.6 Å². The molecule has 0 bridgehead atoms. The van der Waals surface area contributed by atoms with E-state index < -0.39 is 11.6 Å². The SMILES string of the molecule is N#Cc1c(-c2ccc(Cl)c(F)c2F)nn(C2CCCC2)c1N. The van der Waals surface area contributed by atoms with Crippen LogP contribution in [0.2, 0.25) is 5.02 Å². The van der Waals surface area contributed by atoms with E-state index >= 15 is 0 Å². The van der Waals surface area contributed by atoms with Crippen molar-refractivity contribution in [2.75, 3.05) is 5.73 Å². The lowest BCUT2D eigenvalue weighted by atomic mass is 10.1. The lowest BCUT2D eigenvalue weighted by Gasteiger charge is -2.11. The van der Waals surface area contributed by atoms with Crippen LogP contribution in [0.15, 0.2) is 12.1 Å². The topological polar surface area (TPSA) is 67.6 Å². The molecule has 1 heterocycles. The van der Waals surface area contributed by atoms with Crippen LogP contribution in [0.25, 0.3) is 11.3 Å². The first kappa shape index (κ1) is 14.8. The van der Waals surface area contributed by atoms with E-state index in [1.54, 1.807) is 4.68 Å². The molecule has 1 aliphatic carbocycles. The van der Waals surface area contributed by atoms with Crippen LogP contribution in [0, 0.1) is 23.0 Å². The van der Waals surface area contributed by atoms with Crippen molar-refractivity contribution in [3.8, 4) is 17.3 Å². The van der Waals surface area contributed by atoms with Crippen LogP contribution in [-0.4, -0.2) is 9.78 Å². The Kier molecular flexibility index (Phi) is 3.75. The summed E-state index contributed by atoms with van der Waals surface area (Å²) in [4.78, 5) is 0. The highest BCUT2D eigenvalue weighted by Crippen LogP contribution is 2.36. The fourth-order valence-corrected chi connectivity index (χ4v) is 3.03. The normalized spacial score (nSPS) is 15.2. The van der Waals surface area contributed by atoms with Crippen molar-refractivity contribution < 1.29 is 8.78 Å². The molecule has 22 heavy (non-hydrogen) atoms. The minimum atomic E-state index is -1.16. The Morgan fingerprint density at radius 1 is 1.27 bits per heavy atom. The molecule has 7 heteroatoms. The summed E-state index contributed by atoms with van der Waals surface area (Å²) in [6.45, 7) is 0. The maximum absolute atomic E-state index is 14.1. The van der Waals surface area contributed by atoms with Gasteiger partial charge in [-0.05, 0) is 25.0 Å². The molecule has 0 amide bonds. The summed E-state index contributed by atoms with van der Waals surface area (Å²) in [7, 11) is 0. The van der Waals surface area contributed by atoms with Gasteiger partial charge in [0.2, 0.25) is 0 Å². The number of benzene rings is 1. The van der Waals surface area contributed by atoms with E-state index in [2.05, 4.69) is 5.10 Å². The minimum Gasteiger partial charge on any atom is -0.383 e. The molecular formula is C15H13ClF2N4. The van der Waals surface area contributed by atoms with E-state index in [4.69, 9.17) is 17.3 Å². The van der Waals surface area contributed by atoms with E-state index in [1.807, 2.05) is 6.07 Å². The summed E-state index contributed by atoms with van der Waals surface area (Å²) in [5, 5.41) is 13.3. The van der Waals surface area contributed by atoms with Crippen molar-refractivity contribution >= 4 is 17.4 Å². The Bertz CT molecular complexity index is 773. The second kappa shape index (κ2) is 5.58. The summed E-state index contributed by atoms with van der Waals surface area (Å²) < 4.78 is 29.4. The average Bonchev–Trinajstić information content (AvgIpc) is 3.12. The standard InChI is InChI=1S/C15H13ClF2N4/c16-11-6-5-9(12(17)13(11)18)14-10(7-19)15(20)22(21-14)8-3-1-2-4-8/h5-6,8H,1-4,20H2. The van der Waals surface area contributed by atoms with Crippen LogP contribution in [0.5, 0.6) is 0 Å². The second-order valence-corrected chi connectivity index (χ2v) is 5.73. The molecule has 0 aliphatic heterocycles. The van der Waals surface area contributed by atoms with Crippen molar-refractivity contribution in [1.29, 1.82) is 5.26 Å². The van der Waals surface area contributed by atoms with Gasteiger partial charge in [0.15, 0.2) is 11.6 Å². The van der Waals surface area contributed by atoms with Gasteiger partial charge in [0.1, 0.15) is 23.1 Å². The molecule has 2 aromatic rings. The minimum absolute atomic E-state index is 0.0555. The molecule has 1 aromatic heterocycles. The first-order valence-electron chi connectivity index (χ1n) is 6.96. The van der Waals surface area contributed by atoms with E-state index in [9.17, 15) is 14.0 Å². The van der Waals surface area contributed by atoms with Crippen molar-refractivity contribution in [3.63, 3.8) is 0 Å². The smallest absolute Gasteiger partial charge is 0.178 e. The maximum Gasteiger partial charge on any atom is 0.178 e. The molecule has 0 atom stereocenters. The van der Waals surface area contributed by atoms with Gasteiger partial charge in [-0.15, -0.1) is 0 Å². The van der Waals surface area contributed by atoms with Crippen molar-refractivity contribution in [1.82, 2.24) is 9.78 Å². The summed E-state index contributed by atoms with van der Waals surface area (Å²) in [6.07, 6.45) is 3.94. The Hall–Kier alpha value is -2.13. The molecule has 3 rings (SSSR count). The van der Waals surface area contributed by atoms with E-state index in [0.29, 0.717) is 0 Å². The number of rotatable bonds is 2. The Balaban J connectivity index is 2.17. The molecular weight excluding hydrogens is 310 g/mol. The second-order valence-electron chi connectivity index (χ2n) is 5.33. The molecule has 0 saturated heterocycles. The fourth-order valence-electron chi connectivity index (χ4n) is 2.88. The summed E-state index contributed by atoms with van der Waals surface area (Å²) in [5.41, 5.74) is 5.99. The molecule has 0 radical (unpaired) electrons. The molecule has 1 aromatic carbocycles. The number of nitrogens with two attached hydrogens (primary N) is 1. The molecule has 0 spiro atoms. The molecule has 4 nitrogen and oxygen atoms in total. The van der Waals surface area contributed by atoms with Gasteiger partial charge in [-0.25, -0.2) is 13.5 Å². The van der Waals surface area contributed by atoms with Crippen molar-refractivity contribution in [3.05, 3.63) is 34.4 Å². The number of anilines is 1. The first-order chi connectivity index (χ1) is 10.5. The van der Waals surface area contributed by atoms with E-state index in [-0.39, 0.29) is 33.7 Å². The molecule has 114 valence electrons. The highest BCUT2D eigenvalue weighted by molar-refractivity contribution is 6.30. The summed E-state index contributed by atoms with van der Waals surface area (Å²) >= 11 is 5.56. The van der Waals surface area contributed by atoms with Crippen LogP contribution in [0.3, 0.4) is 0 Å². The number of nitrogen functional groups attached to an aromatic ring is 1. The maximum atomic E-state index is 14.1. The molecule has 1 fully saturated rings. The highest BCUT2D eigenvalue weighted by atomic mass is 35.5. The Morgan fingerprint density at radius 2 is 1.95 bits per heavy atom. The number of hydrogen-bond acceptors (Lipinski definition) is 3. The molecule has 0 unspecified atom stereocenters. The third-order valence-corrected chi connectivity index (χ3v) is 4.31. The summed E-state index contributed by atoms with van der Waals surface area (Å²) in [6, 6.07) is 4.58. The van der Waals surface area contributed by atoms with Gasteiger partial charge in [-0.2, -0.15) is 10.4 Å². The van der Waals surface area contributed by atoms with Crippen LogP contribution in [0.4, 0.5) is 14.6 Å². The van der Waals surface area contributed by atoms with Crippen molar-refractivity contribution in [2.45, 2.75) is 31.7 Å². The summed E-state index contributed by atoms with van der Waals surface area (Å²) in [5.74, 6) is -2.09. The van der Waals surface area contributed by atoms with Crippen LogP contribution in [0.1, 0.15) is 37.3 Å². The Labute approximate surface area is 131 Å². The Morgan fingerprint density at radius 3 is 2.59 bits per heavy atom. The van der Waals surface area contributed by atoms with E-state index in [0.717, 1.165) is 25.7 Å². The largest absolute Gasteiger partial charge is 0.383 e. The van der Waals surface area contributed by atoms with Gasteiger partial charge in [0.25, 0.3) is 0 Å². The number of nitriles is 1. The zero-order chi connectivity index (χ0) is 15.9. The number of nitrogens with zero attached hydrogens (tertiary/aromatic N) is 3. The van der Waals surface area contributed by atoms with Gasteiger partial charge < -0.3 is 5.73 Å². The zero-order valence-corrected chi connectivity index (χ0v) is 12.4. The van der Waals surface area contributed by atoms with Gasteiger partial charge in [0, 0.05) is 5.56 Å². The third kappa shape index (κ3) is 2.22. The van der Waals surface area contributed by atoms with Crippen LogP contribution < -0.4 is 5.73 Å². The molecule has 1 aliphatic rings. The van der Waals surface area contributed by atoms with Gasteiger partial charge in [-0.1, -0.05) is 24.4 Å². The fraction of sp³-hybridized carbons (Fsp3) is 0.333. The number of halogens is 3. The molecule has 2 N–H and O–H groups in total. The predicted octanol–water partition coefficient (Wildman–Crippen LogP) is 4.05. The quantitative estimate of drug-likeness (QED) is 0.848. The predicted molar refractivity (Wildman–Crippen MR) is 79.2 cm³/mol. The van der Waals surface area contributed by atoms with Gasteiger partial charge >= 0.3 is 0 Å². The van der Waals surface area contributed by atoms with Gasteiger partial charge in [0.05, 0.1) is 11.1 Å². The van der Waals surface area contributed by atoms with Crippen molar-refractivity contribution in [2.24, 2.45) is 0 Å². The third-order valence-electron chi connectivity index (χ3n) is 4.02. The first-order valence-corrected chi connectivity index (χ1v) is 7.34. The van der Waals surface area contributed by atoms with Crippen LogP contribution in [-0.2, 0) is 0 Å². The number of aromatic nitrogens is 2. The molecule has 1 saturated carbocycles. The average molecular weight is 323 g/mol. The monoisotopic (exact) mass is 322 g/mol. The highest BCUT2D eigenvalue weighted by Gasteiger charge is 2.26. The lowest BCUT2D eigenvalue weighted by molar-refractivity contribution is 0.473. The zero-order valence-electron chi connectivity index (χ0n) is 11.6. The number of hydrogen-bond donors (Lipinski definition) is 1. The van der Waals surface area contributed by atoms with E-state index in [1.165, 1.54) is 12.1 Å². The lowest BCUT2D eigenvalue weighted by Crippen LogP contribution is -2.10. The van der Waals surface area contributed by atoms with Gasteiger partial charge in [-0.3, -0.25) is 0 Å².